The van der Waals surface area contributed by atoms with Crippen LogP contribution in [0.25, 0.3) is 0 Å². The normalized spacial score (nSPS) is 11.5. The number of aliphatic hydroxyl groups is 1. The van der Waals surface area contributed by atoms with Crippen molar-refractivity contribution >= 4 is 15.7 Å². The average Bonchev–Trinajstić information content (AvgIpc) is 2.38. The Morgan fingerprint density at radius 3 is 2.37 bits per heavy atom. The van der Waals surface area contributed by atoms with Crippen LogP contribution in [0.3, 0.4) is 0 Å². The fourth-order valence-electron chi connectivity index (χ4n) is 1.45. The topological polar surface area (TPSA) is 101 Å². The maximum Gasteiger partial charge on any atom is 0.269 e. The Balaban J connectivity index is 3.10. The molecule has 1 aromatic rings. The van der Waals surface area contributed by atoms with Crippen LogP contribution in [0, 0.1) is 10.1 Å². The number of aliphatic hydroxyl groups excluding tert-OH is 1. The van der Waals surface area contributed by atoms with E-state index in [1.54, 1.807) is 0 Å². The molecular weight excluding hydrogens is 272 g/mol. The maximum atomic E-state index is 12.2. The van der Waals surface area contributed by atoms with Crippen LogP contribution in [0.5, 0.6) is 0 Å². The molecule has 0 atom stereocenters. The molecule has 0 spiro atoms. The molecule has 0 unspecified atom stereocenters. The lowest BCUT2D eigenvalue weighted by atomic mass is 10.3. The van der Waals surface area contributed by atoms with Crippen molar-refractivity contribution in [2.75, 3.05) is 19.7 Å². The van der Waals surface area contributed by atoms with Crippen LogP contribution in [0.2, 0.25) is 0 Å². The Bertz CT molecular complexity index is 553. The summed E-state index contributed by atoms with van der Waals surface area (Å²) < 4.78 is 25.4. The molecule has 0 amide bonds. The highest BCUT2D eigenvalue weighted by molar-refractivity contribution is 7.89. The van der Waals surface area contributed by atoms with Crippen LogP contribution < -0.4 is 0 Å². The highest BCUT2D eigenvalue weighted by atomic mass is 32.2. The zero-order chi connectivity index (χ0) is 14.5. The molecule has 8 heteroatoms. The van der Waals surface area contributed by atoms with Gasteiger partial charge >= 0.3 is 0 Å². The number of nitro benzene ring substituents is 1. The second-order valence-corrected chi connectivity index (χ2v) is 5.56. The van der Waals surface area contributed by atoms with Crippen molar-refractivity contribution in [3.8, 4) is 0 Å². The van der Waals surface area contributed by atoms with Crippen LogP contribution in [-0.4, -0.2) is 42.4 Å². The minimum atomic E-state index is -3.79. The van der Waals surface area contributed by atoms with E-state index in [0.717, 1.165) is 16.4 Å². The summed E-state index contributed by atoms with van der Waals surface area (Å²) in [5.41, 5.74) is -0.184. The molecule has 7 nitrogen and oxygen atoms in total. The molecular formula is C11H14N2O5S. The molecule has 0 aliphatic heterocycles. The van der Waals surface area contributed by atoms with Gasteiger partial charge in [0.1, 0.15) is 0 Å². The average molecular weight is 286 g/mol. The maximum absolute atomic E-state index is 12.2. The summed E-state index contributed by atoms with van der Waals surface area (Å²) in [4.78, 5) is 9.83. The van der Waals surface area contributed by atoms with Gasteiger partial charge in [0.15, 0.2) is 0 Å². The first-order valence-corrected chi connectivity index (χ1v) is 6.84. The number of non-ortho nitro benzene ring substituents is 1. The van der Waals surface area contributed by atoms with E-state index in [1.807, 2.05) is 0 Å². The zero-order valence-electron chi connectivity index (χ0n) is 10.1. The minimum Gasteiger partial charge on any atom is -0.395 e. The fraction of sp³-hybridized carbons (Fsp3) is 0.273. The summed E-state index contributed by atoms with van der Waals surface area (Å²) in [6.45, 7) is 3.12. The van der Waals surface area contributed by atoms with E-state index < -0.39 is 14.9 Å². The van der Waals surface area contributed by atoms with Crippen molar-refractivity contribution in [2.24, 2.45) is 0 Å². The molecule has 0 bridgehead atoms. The number of nitrogens with zero attached hydrogens (tertiary/aromatic N) is 2. The van der Waals surface area contributed by atoms with E-state index in [2.05, 4.69) is 6.58 Å². The molecule has 1 N–H and O–H groups in total. The third kappa shape index (κ3) is 3.60. The first kappa shape index (κ1) is 15.3. The monoisotopic (exact) mass is 286 g/mol. The molecule has 0 radical (unpaired) electrons. The first-order chi connectivity index (χ1) is 8.93. The number of nitro groups is 1. The van der Waals surface area contributed by atoms with Gasteiger partial charge in [-0.05, 0) is 12.1 Å². The van der Waals surface area contributed by atoms with E-state index in [4.69, 9.17) is 5.11 Å². The van der Waals surface area contributed by atoms with Gasteiger partial charge in [-0.1, -0.05) is 6.08 Å². The van der Waals surface area contributed by atoms with E-state index in [0.29, 0.717) is 0 Å². The number of benzene rings is 1. The highest BCUT2D eigenvalue weighted by Crippen LogP contribution is 2.19. The largest absolute Gasteiger partial charge is 0.395 e. The SMILES string of the molecule is C=CCN(CCO)S(=O)(=O)c1ccc([N+](=O)[O-])cc1. The van der Waals surface area contributed by atoms with Crippen LogP contribution in [0.4, 0.5) is 5.69 Å². The van der Waals surface area contributed by atoms with Gasteiger partial charge in [0, 0.05) is 25.2 Å². The summed E-state index contributed by atoms with van der Waals surface area (Å²) in [5, 5.41) is 19.4. The first-order valence-electron chi connectivity index (χ1n) is 5.40. The minimum absolute atomic E-state index is 0.0554. The Morgan fingerprint density at radius 1 is 1.37 bits per heavy atom. The van der Waals surface area contributed by atoms with Gasteiger partial charge in [0.2, 0.25) is 10.0 Å². The Kier molecular flexibility index (Phi) is 5.16. The fourth-order valence-corrected chi connectivity index (χ4v) is 2.86. The Morgan fingerprint density at radius 2 is 1.95 bits per heavy atom. The summed E-state index contributed by atoms with van der Waals surface area (Å²) in [7, 11) is -3.79. The van der Waals surface area contributed by atoms with E-state index >= 15 is 0 Å². The molecule has 1 aromatic carbocycles. The zero-order valence-corrected chi connectivity index (χ0v) is 10.9. The highest BCUT2D eigenvalue weighted by Gasteiger charge is 2.23. The lowest BCUT2D eigenvalue weighted by molar-refractivity contribution is -0.384. The summed E-state index contributed by atoms with van der Waals surface area (Å²) in [6, 6.07) is 4.58. The summed E-state index contributed by atoms with van der Waals surface area (Å²) in [5.74, 6) is 0. The van der Waals surface area contributed by atoms with Crippen molar-refractivity contribution in [3.05, 3.63) is 47.0 Å². The van der Waals surface area contributed by atoms with Gasteiger partial charge < -0.3 is 5.11 Å². The summed E-state index contributed by atoms with van der Waals surface area (Å²) >= 11 is 0. The quantitative estimate of drug-likeness (QED) is 0.453. The molecule has 0 heterocycles. The molecule has 0 aliphatic rings. The van der Waals surface area contributed by atoms with Gasteiger partial charge in [-0.15, -0.1) is 6.58 Å². The predicted molar refractivity (Wildman–Crippen MR) is 69.1 cm³/mol. The molecule has 0 saturated carbocycles. The van der Waals surface area contributed by atoms with Crippen LogP contribution in [0.1, 0.15) is 0 Å². The van der Waals surface area contributed by atoms with Crippen molar-refractivity contribution < 1.29 is 18.4 Å². The number of sulfonamides is 1. The van der Waals surface area contributed by atoms with Crippen LogP contribution in [0.15, 0.2) is 41.8 Å². The lowest BCUT2D eigenvalue weighted by Crippen LogP contribution is -2.33. The molecule has 0 fully saturated rings. The smallest absolute Gasteiger partial charge is 0.269 e. The molecule has 19 heavy (non-hydrogen) atoms. The van der Waals surface area contributed by atoms with Gasteiger partial charge in [-0.3, -0.25) is 10.1 Å². The number of hydrogen-bond donors (Lipinski definition) is 1. The third-order valence-corrected chi connectivity index (χ3v) is 4.25. The van der Waals surface area contributed by atoms with Crippen LogP contribution in [-0.2, 0) is 10.0 Å². The van der Waals surface area contributed by atoms with Crippen molar-refractivity contribution in [3.63, 3.8) is 0 Å². The second-order valence-electron chi connectivity index (χ2n) is 3.63. The third-order valence-electron chi connectivity index (χ3n) is 2.37. The van der Waals surface area contributed by atoms with Gasteiger partial charge in [0.25, 0.3) is 5.69 Å². The van der Waals surface area contributed by atoms with Crippen molar-refractivity contribution in [1.82, 2.24) is 4.31 Å². The van der Waals surface area contributed by atoms with Crippen molar-refractivity contribution in [1.29, 1.82) is 0 Å². The lowest BCUT2D eigenvalue weighted by Gasteiger charge is -2.19. The van der Waals surface area contributed by atoms with E-state index in [-0.39, 0.29) is 30.3 Å². The number of hydrogen-bond acceptors (Lipinski definition) is 5. The van der Waals surface area contributed by atoms with Gasteiger partial charge in [-0.2, -0.15) is 4.31 Å². The Hall–Kier alpha value is -1.77. The molecule has 1 rings (SSSR count). The van der Waals surface area contributed by atoms with E-state index in [1.165, 1.54) is 18.2 Å². The molecule has 0 saturated heterocycles. The molecule has 0 aromatic heterocycles. The Labute approximate surface area is 111 Å². The second kappa shape index (κ2) is 6.41. The van der Waals surface area contributed by atoms with E-state index in [9.17, 15) is 18.5 Å². The standard InChI is InChI=1S/C11H14N2O5S/c1-2-7-12(8-9-14)19(17,18)11-5-3-10(4-6-11)13(15)16/h2-6,14H,1,7-9H2. The summed E-state index contributed by atoms with van der Waals surface area (Å²) in [6.07, 6.45) is 1.40. The van der Waals surface area contributed by atoms with Gasteiger partial charge in [-0.25, -0.2) is 8.42 Å². The number of rotatable bonds is 7. The van der Waals surface area contributed by atoms with Crippen molar-refractivity contribution in [2.45, 2.75) is 4.90 Å². The predicted octanol–water partition coefficient (Wildman–Crippen LogP) is 0.764. The van der Waals surface area contributed by atoms with Gasteiger partial charge in [0.05, 0.1) is 16.4 Å². The molecule has 0 aliphatic carbocycles. The van der Waals surface area contributed by atoms with Crippen LogP contribution >= 0.6 is 0 Å². The molecule has 104 valence electrons.